The van der Waals surface area contributed by atoms with Gasteiger partial charge in [-0.15, -0.1) is 12.3 Å². The van der Waals surface area contributed by atoms with Gasteiger partial charge in [0.2, 0.25) is 10.0 Å². The summed E-state index contributed by atoms with van der Waals surface area (Å²) in [4.78, 5) is -0.444. The van der Waals surface area contributed by atoms with E-state index in [0.29, 0.717) is 6.42 Å². The number of nitrogen functional groups attached to an aromatic ring is 1. The fourth-order valence-electron chi connectivity index (χ4n) is 1.65. The van der Waals surface area contributed by atoms with Crippen molar-refractivity contribution in [3.8, 4) is 12.3 Å². The van der Waals surface area contributed by atoms with E-state index in [4.69, 9.17) is 12.2 Å². The van der Waals surface area contributed by atoms with Gasteiger partial charge in [0.05, 0.1) is 0 Å². The zero-order chi connectivity index (χ0) is 14.6. The van der Waals surface area contributed by atoms with Crippen LogP contribution in [0.3, 0.4) is 0 Å². The van der Waals surface area contributed by atoms with Gasteiger partial charge in [0, 0.05) is 18.2 Å². The molecule has 104 valence electrons. The summed E-state index contributed by atoms with van der Waals surface area (Å²) in [6, 6.07) is 2.07. The molecule has 0 spiro atoms. The maximum atomic E-state index is 13.9. The molecule has 0 aromatic heterocycles. The van der Waals surface area contributed by atoms with Crippen LogP contribution < -0.4 is 10.5 Å². The number of terminal acetylenes is 1. The lowest BCUT2D eigenvalue weighted by atomic mass is 10.2. The van der Waals surface area contributed by atoms with Crippen molar-refractivity contribution >= 4 is 15.7 Å². The second-order valence-corrected chi connectivity index (χ2v) is 5.97. The first kappa shape index (κ1) is 15.5. The highest BCUT2D eigenvalue weighted by Gasteiger charge is 2.23. The van der Waals surface area contributed by atoms with Gasteiger partial charge in [0.25, 0.3) is 0 Å². The van der Waals surface area contributed by atoms with Gasteiger partial charge in [-0.05, 0) is 31.0 Å². The van der Waals surface area contributed by atoms with Crippen LogP contribution in [0.4, 0.5) is 10.1 Å². The van der Waals surface area contributed by atoms with Crippen LogP contribution in [0.5, 0.6) is 0 Å². The maximum Gasteiger partial charge on any atom is 0.243 e. The second-order valence-electron chi connectivity index (χ2n) is 4.28. The molecule has 0 fully saturated rings. The maximum absolute atomic E-state index is 13.9. The number of anilines is 1. The number of hydrogen-bond donors (Lipinski definition) is 2. The van der Waals surface area contributed by atoms with E-state index in [0.717, 1.165) is 6.07 Å². The Hall–Kier alpha value is -1.58. The number of aryl methyl sites for hydroxylation is 1. The molecule has 0 aliphatic rings. The fraction of sp³-hybridized carbons (Fsp3) is 0.385. The summed E-state index contributed by atoms with van der Waals surface area (Å²) in [5.41, 5.74) is 5.94. The third-order valence-electron chi connectivity index (χ3n) is 2.71. The minimum atomic E-state index is -3.97. The number of benzene rings is 1. The molecule has 1 aromatic carbocycles. The van der Waals surface area contributed by atoms with Crippen molar-refractivity contribution in [1.29, 1.82) is 0 Å². The Morgan fingerprint density at radius 1 is 1.53 bits per heavy atom. The zero-order valence-electron chi connectivity index (χ0n) is 10.9. The van der Waals surface area contributed by atoms with Crippen LogP contribution in [0.25, 0.3) is 0 Å². The Morgan fingerprint density at radius 2 is 2.16 bits per heavy atom. The zero-order valence-corrected chi connectivity index (χ0v) is 11.7. The lowest BCUT2D eigenvalue weighted by Crippen LogP contribution is -2.34. The Labute approximate surface area is 113 Å². The molecule has 19 heavy (non-hydrogen) atoms. The van der Waals surface area contributed by atoms with E-state index in [9.17, 15) is 12.8 Å². The first-order chi connectivity index (χ1) is 8.81. The molecule has 0 aliphatic carbocycles. The van der Waals surface area contributed by atoms with Crippen LogP contribution in [-0.2, 0) is 10.0 Å². The summed E-state index contributed by atoms with van der Waals surface area (Å²) in [5.74, 6) is 1.59. The van der Waals surface area contributed by atoms with Crippen LogP contribution in [0.15, 0.2) is 17.0 Å². The van der Waals surface area contributed by atoms with Gasteiger partial charge in [-0.3, -0.25) is 0 Å². The van der Waals surface area contributed by atoms with E-state index >= 15 is 0 Å². The molecule has 3 N–H and O–H groups in total. The molecule has 0 saturated carbocycles. The van der Waals surface area contributed by atoms with Crippen LogP contribution in [0, 0.1) is 25.1 Å². The van der Waals surface area contributed by atoms with Crippen molar-refractivity contribution in [3.63, 3.8) is 0 Å². The van der Waals surface area contributed by atoms with Crippen molar-refractivity contribution < 1.29 is 12.8 Å². The first-order valence-corrected chi connectivity index (χ1v) is 7.31. The van der Waals surface area contributed by atoms with Crippen LogP contribution >= 0.6 is 0 Å². The van der Waals surface area contributed by atoms with E-state index in [1.165, 1.54) is 13.0 Å². The largest absolute Gasteiger partial charge is 0.399 e. The Morgan fingerprint density at radius 3 is 2.68 bits per heavy atom. The molecule has 0 bridgehead atoms. The molecule has 0 saturated heterocycles. The van der Waals surface area contributed by atoms with Crippen molar-refractivity contribution in [2.75, 3.05) is 5.73 Å². The molecule has 1 unspecified atom stereocenters. The molecule has 1 atom stereocenters. The van der Waals surface area contributed by atoms with Crippen LogP contribution in [-0.4, -0.2) is 14.5 Å². The molecule has 4 nitrogen and oxygen atoms in total. The summed E-state index contributed by atoms with van der Waals surface area (Å²) in [7, 11) is -3.97. The summed E-state index contributed by atoms with van der Waals surface area (Å²) >= 11 is 0. The Bertz CT molecular complexity index is 606. The third kappa shape index (κ3) is 3.69. The lowest BCUT2D eigenvalue weighted by Gasteiger charge is -2.16. The summed E-state index contributed by atoms with van der Waals surface area (Å²) in [6.45, 7) is 3.26. The minimum absolute atomic E-state index is 0.186. The average molecular weight is 284 g/mol. The van der Waals surface area contributed by atoms with E-state index < -0.39 is 26.8 Å². The standard InChI is InChI=1S/C13H17FN2O2S/c1-4-6-11(5-2)16-19(17,18)12-8-10(15)7-9(3)13(12)14/h1,7-8,11,16H,5-6,15H2,2-3H3. The van der Waals surface area contributed by atoms with Gasteiger partial charge >= 0.3 is 0 Å². The lowest BCUT2D eigenvalue weighted by molar-refractivity contribution is 0.529. The minimum Gasteiger partial charge on any atom is -0.399 e. The highest BCUT2D eigenvalue weighted by molar-refractivity contribution is 7.89. The quantitative estimate of drug-likeness (QED) is 0.639. The summed E-state index contributed by atoms with van der Waals surface area (Å²) in [6.07, 6.45) is 5.93. The van der Waals surface area contributed by atoms with Crippen LogP contribution in [0.1, 0.15) is 25.3 Å². The third-order valence-corrected chi connectivity index (χ3v) is 4.23. The molecular weight excluding hydrogens is 267 g/mol. The molecule has 0 aliphatic heterocycles. The van der Waals surface area contributed by atoms with Gasteiger partial charge in [0.15, 0.2) is 0 Å². The number of rotatable bonds is 5. The highest BCUT2D eigenvalue weighted by atomic mass is 32.2. The number of hydrogen-bond acceptors (Lipinski definition) is 3. The Kier molecular flexibility index (Phi) is 4.92. The number of halogens is 1. The highest BCUT2D eigenvalue weighted by Crippen LogP contribution is 2.22. The van der Waals surface area contributed by atoms with Crippen LogP contribution in [0.2, 0.25) is 0 Å². The average Bonchev–Trinajstić information content (AvgIpc) is 2.32. The van der Waals surface area contributed by atoms with E-state index in [-0.39, 0.29) is 17.7 Å². The molecule has 0 radical (unpaired) electrons. The number of nitrogens with one attached hydrogen (secondary N) is 1. The topological polar surface area (TPSA) is 72.2 Å². The Balaban J connectivity index is 3.18. The van der Waals surface area contributed by atoms with Crippen molar-refractivity contribution in [3.05, 3.63) is 23.5 Å². The number of nitrogens with two attached hydrogens (primary N) is 1. The van der Waals surface area contributed by atoms with Crippen molar-refractivity contribution in [1.82, 2.24) is 4.72 Å². The molecule has 6 heteroatoms. The predicted molar refractivity (Wildman–Crippen MR) is 73.4 cm³/mol. The SMILES string of the molecule is C#CCC(CC)NS(=O)(=O)c1cc(N)cc(C)c1F. The van der Waals surface area contributed by atoms with Gasteiger partial charge in [-0.25, -0.2) is 17.5 Å². The van der Waals surface area contributed by atoms with Gasteiger partial charge in [-0.1, -0.05) is 6.92 Å². The summed E-state index contributed by atoms with van der Waals surface area (Å²) < 4.78 is 40.5. The molecule has 1 aromatic rings. The fourth-order valence-corrected chi connectivity index (χ4v) is 3.16. The van der Waals surface area contributed by atoms with Gasteiger partial charge in [0.1, 0.15) is 10.7 Å². The molecular formula is C13H17FN2O2S. The monoisotopic (exact) mass is 284 g/mol. The molecule has 1 rings (SSSR count). The summed E-state index contributed by atoms with van der Waals surface area (Å²) in [5, 5.41) is 0. The van der Waals surface area contributed by atoms with Crippen molar-refractivity contribution in [2.24, 2.45) is 0 Å². The first-order valence-electron chi connectivity index (χ1n) is 5.83. The van der Waals surface area contributed by atoms with Gasteiger partial charge in [-0.2, -0.15) is 0 Å². The predicted octanol–water partition coefficient (Wildman–Crippen LogP) is 1.80. The van der Waals surface area contributed by atoms with Gasteiger partial charge < -0.3 is 5.73 Å². The smallest absolute Gasteiger partial charge is 0.243 e. The van der Waals surface area contributed by atoms with E-state index in [1.54, 1.807) is 6.92 Å². The van der Waals surface area contributed by atoms with Crippen molar-refractivity contribution in [2.45, 2.75) is 37.6 Å². The number of sulfonamides is 1. The van der Waals surface area contributed by atoms with E-state index in [1.807, 2.05) is 0 Å². The molecule has 0 heterocycles. The second kappa shape index (κ2) is 6.04. The van der Waals surface area contributed by atoms with E-state index in [2.05, 4.69) is 10.6 Å². The molecule has 0 amide bonds. The normalized spacial score (nSPS) is 12.9.